The Hall–Kier alpha value is -1.69. The highest BCUT2D eigenvalue weighted by atomic mass is 19.1. The lowest BCUT2D eigenvalue weighted by Crippen LogP contribution is -2.33. The number of rotatable bonds is 2. The van der Waals surface area contributed by atoms with E-state index in [0.717, 1.165) is 25.7 Å². The predicted molar refractivity (Wildman–Crippen MR) is 69.7 cm³/mol. The zero-order valence-corrected chi connectivity index (χ0v) is 10.7. The van der Waals surface area contributed by atoms with Gasteiger partial charge in [0.25, 0.3) is 5.69 Å². The third-order valence-corrected chi connectivity index (χ3v) is 4.38. The van der Waals surface area contributed by atoms with Crippen LogP contribution in [0.4, 0.5) is 15.8 Å². The maximum absolute atomic E-state index is 13.2. The number of fused-ring (bicyclic) bond motifs is 1. The Kier molecular flexibility index (Phi) is 2.89. The van der Waals surface area contributed by atoms with E-state index in [9.17, 15) is 14.5 Å². The molecule has 2 aliphatic rings. The standard InChI is InChI=1S/C13H16FN3O2/c1-8-11-6-15-5-9(11)7-16(8)12-3-2-10(14)4-13(12)17(18)19/h2-4,8-9,11,15H,5-7H2,1H3. The van der Waals surface area contributed by atoms with Gasteiger partial charge in [-0.05, 0) is 30.9 Å². The van der Waals surface area contributed by atoms with E-state index < -0.39 is 10.7 Å². The number of hydrogen-bond acceptors (Lipinski definition) is 4. The van der Waals surface area contributed by atoms with E-state index in [2.05, 4.69) is 12.2 Å². The van der Waals surface area contributed by atoms with Crippen LogP contribution < -0.4 is 10.2 Å². The van der Waals surface area contributed by atoms with Crippen LogP contribution in [-0.4, -0.2) is 30.6 Å². The van der Waals surface area contributed by atoms with Gasteiger partial charge in [0.1, 0.15) is 11.5 Å². The van der Waals surface area contributed by atoms with Gasteiger partial charge in [-0.15, -0.1) is 0 Å². The molecule has 0 aliphatic carbocycles. The average molecular weight is 265 g/mol. The zero-order chi connectivity index (χ0) is 13.6. The summed E-state index contributed by atoms with van der Waals surface area (Å²) in [5, 5.41) is 14.4. The molecule has 0 bridgehead atoms. The summed E-state index contributed by atoms with van der Waals surface area (Å²) in [7, 11) is 0. The van der Waals surface area contributed by atoms with Crippen LogP contribution in [0.3, 0.4) is 0 Å². The molecule has 2 fully saturated rings. The second-order valence-electron chi connectivity index (χ2n) is 5.37. The smallest absolute Gasteiger partial charge is 0.295 e. The van der Waals surface area contributed by atoms with Gasteiger partial charge < -0.3 is 10.2 Å². The molecular formula is C13H16FN3O2. The fraction of sp³-hybridized carbons (Fsp3) is 0.538. The lowest BCUT2D eigenvalue weighted by molar-refractivity contribution is -0.384. The van der Waals surface area contributed by atoms with Crippen LogP contribution in [0.25, 0.3) is 0 Å². The quantitative estimate of drug-likeness (QED) is 0.654. The highest BCUT2D eigenvalue weighted by molar-refractivity contribution is 5.64. The first-order valence-corrected chi connectivity index (χ1v) is 6.49. The number of nitro benzene ring substituents is 1. The van der Waals surface area contributed by atoms with Gasteiger partial charge in [0.15, 0.2) is 0 Å². The van der Waals surface area contributed by atoms with Crippen molar-refractivity contribution in [1.82, 2.24) is 5.32 Å². The number of nitrogens with zero attached hydrogens (tertiary/aromatic N) is 2. The lowest BCUT2D eigenvalue weighted by Gasteiger charge is -2.26. The van der Waals surface area contributed by atoms with Crippen LogP contribution in [0, 0.1) is 27.8 Å². The molecule has 0 spiro atoms. The summed E-state index contributed by atoms with van der Waals surface area (Å²) in [6.07, 6.45) is 0. The van der Waals surface area contributed by atoms with E-state index >= 15 is 0 Å². The first kappa shape index (κ1) is 12.3. The van der Waals surface area contributed by atoms with E-state index in [1.807, 2.05) is 4.90 Å². The first-order valence-electron chi connectivity index (χ1n) is 6.49. The number of halogens is 1. The molecule has 2 aliphatic heterocycles. The third kappa shape index (κ3) is 1.96. The Balaban J connectivity index is 1.97. The Morgan fingerprint density at radius 3 is 2.95 bits per heavy atom. The molecule has 5 nitrogen and oxygen atoms in total. The van der Waals surface area contributed by atoms with E-state index in [-0.39, 0.29) is 11.7 Å². The molecule has 2 heterocycles. The van der Waals surface area contributed by atoms with Crippen molar-refractivity contribution < 1.29 is 9.31 Å². The van der Waals surface area contributed by atoms with Gasteiger partial charge in [-0.3, -0.25) is 10.1 Å². The maximum atomic E-state index is 13.2. The fourth-order valence-electron chi connectivity index (χ4n) is 3.37. The molecule has 6 heteroatoms. The van der Waals surface area contributed by atoms with Crippen LogP contribution >= 0.6 is 0 Å². The summed E-state index contributed by atoms with van der Waals surface area (Å²) in [6.45, 7) is 4.80. The van der Waals surface area contributed by atoms with Gasteiger partial charge in [0.05, 0.1) is 11.0 Å². The summed E-state index contributed by atoms with van der Waals surface area (Å²) < 4.78 is 13.2. The van der Waals surface area contributed by atoms with Crippen molar-refractivity contribution in [3.05, 3.63) is 34.1 Å². The summed E-state index contributed by atoms with van der Waals surface area (Å²) in [4.78, 5) is 12.6. The van der Waals surface area contributed by atoms with Crippen molar-refractivity contribution >= 4 is 11.4 Å². The maximum Gasteiger partial charge on any atom is 0.295 e. The van der Waals surface area contributed by atoms with E-state index in [1.54, 1.807) is 0 Å². The Morgan fingerprint density at radius 2 is 2.26 bits per heavy atom. The molecular weight excluding hydrogens is 249 g/mol. The molecule has 102 valence electrons. The van der Waals surface area contributed by atoms with Crippen molar-refractivity contribution in [3.63, 3.8) is 0 Å². The minimum atomic E-state index is -0.566. The van der Waals surface area contributed by atoms with E-state index in [4.69, 9.17) is 0 Å². The van der Waals surface area contributed by atoms with E-state index in [0.29, 0.717) is 17.5 Å². The largest absolute Gasteiger partial charge is 0.363 e. The average Bonchev–Trinajstić information content (AvgIpc) is 2.93. The molecule has 0 radical (unpaired) electrons. The van der Waals surface area contributed by atoms with Gasteiger partial charge in [-0.1, -0.05) is 0 Å². The van der Waals surface area contributed by atoms with Gasteiger partial charge in [-0.2, -0.15) is 0 Å². The number of nitro groups is 1. The minimum Gasteiger partial charge on any atom is -0.363 e. The Bertz CT molecular complexity index is 523. The predicted octanol–water partition coefficient (Wildman–Crippen LogP) is 1.78. The molecule has 1 aromatic carbocycles. The van der Waals surface area contributed by atoms with Crippen molar-refractivity contribution in [2.45, 2.75) is 13.0 Å². The van der Waals surface area contributed by atoms with Gasteiger partial charge in [0, 0.05) is 25.7 Å². The monoisotopic (exact) mass is 265 g/mol. The van der Waals surface area contributed by atoms with Gasteiger partial charge >= 0.3 is 0 Å². The second-order valence-corrected chi connectivity index (χ2v) is 5.37. The number of anilines is 1. The molecule has 3 rings (SSSR count). The van der Waals surface area contributed by atoms with Crippen molar-refractivity contribution in [2.24, 2.45) is 11.8 Å². The SMILES string of the molecule is CC1C2CNCC2CN1c1ccc(F)cc1[N+](=O)[O-]. The summed E-state index contributed by atoms with van der Waals surface area (Å²) in [6, 6.07) is 4.07. The summed E-state index contributed by atoms with van der Waals surface area (Å²) in [5.74, 6) is 0.480. The Labute approximate surface area is 110 Å². The molecule has 3 atom stereocenters. The summed E-state index contributed by atoms with van der Waals surface area (Å²) in [5.41, 5.74) is 0.396. The second kappa shape index (κ2) is 4.45. The van der Waals surface area contributed by atoms with Crippen molar-refractivity contribution in [2.75, 3.05) is 24.5 Å². The Morgan fingerprint density at radius 1 is 1.47 bits per heavy atom. The molecule has 0 aromatic heterocycles. The highest BCUT2D eigenvalue weighted by Gasteiger charge is 2.43. The molecule has 0 amide bonds. The van der Waals surface area contributed by atoms with Crippen molar-refractivity contribution in [1.29, 1.82) is 0 Å². The third-order valence-electron chi connectivity index (χ3n) is 4.38. The molecule has 1 N–H and O–H groups in total. The number of hydrogen-bond donors (Lipinski definition) is 1. The fourth-order valence-corrected chi connectivity index (χ4v) is 3.37. The minimum absolute atomic E-state index is 0.139. The lowest BCUT2D eigenvalue weighted by atomic mass is 9.95. The van der Waals surface area contributed by atoms with E-state index in [1.165, 1.54) is 12.1 Å². The van der Waals surface area contributed by atoms with Crippen LogP contribution in [0.1, 0.15) is 6.92 Å². The van der Waals surface area contributed by atoms with Gasteiger partial charge in [-0.25, -0.2) is 4.39 Å². The molecule has 2 saturated heterocycles. The normalized spacial score (nSPS) is 29.6. The van der Waals surface area contributed by atoms with Crippen LogP contribution in [0.2, 0.25) is 0 Å². The van der Waals surface area contributed by atoms with Crippen LogP contribution in [0.15, 0.2) is 18.2 Å². The van der Waals surface area contributed by atoms with Crippen LogP contribution in [-0.2, 0) is 0 Å². The van der Waals surface area contributed by atoms with Crippen molar-refractivity contribution in [3.8, 4) is 0 Å². The number of benzene rings is 1. The number of nitrogens with one attached hydrogen (secondary N) is 1. The molecule has 0 saturated carbocycles. The highest BCUT2D eigenvalue weighted by Crippen LogP contribution is 2.39. The first-order chi connectivity index (χ1) is 9.08. The van der Waals surface area contributed by atoms with Crippen LogP contribution in [0.5, 0.6) is 0 Å². The summed E-state index contributed by atoms with van der Waals surface area (Å²) >= 11 is 0. The molecule has 1 aromatic rings. The topological polar surface area (TPSA) is 58.4 Å². The molecule has 19 heavy (non-hydrogen) atoms. The zero-order valence-electron chi connectivity index (χ0n) is 10.7. The van der Waals surface area contributed by atoms with Gasteiger partial charge in [0.2, 0.25) is 0 Å². The molecule has 3 unspecified atom stereocenters.